The number of hydrogen-bond acceptors (Lipinski definition) is 6. The Hall–Kier alpha value is -1.31. The van der Waals surface area contributed by atoms with Crippen LogP contribution in [0.2, 0.25) is 0 Å². The van der Waals surface area contributed by atoms with E-state index in [0.717, 1.165) is 23.8 Å². The highest BCUT2D eigenvalue weighted by atomic mass is 32.1. The molecule has 0 aliphatic heterocycles. The molecular weight excluding hydrogens is 236 g/mol. The molecule has 2 aromatic rings. The van der Waals surface area contributed by atoms with Crippen molar-refractivity contribution in [2.75, 3.05) is 6.54 Å². The Morgan fingerprint density at radius 1 is 1.59 bits per heavy atom. The second kappa shape index (κ2) is 5.85. The van der Waals surface area contributed by atoms with Crippen molar-refractivity contribution in [1.29, 1.82) is 0 Å². The van der Waals surface area contributed by atoms with Crippen LogP contribution in [0.4, 0.5) is 0 Å². The fourth-order valence-electron chi connectivity index (χ4n) is 1.47. The summed E-state index contributed by atoms with van der Waals surface area (Å²) in [5, 5.41) is 14.4. The predicted molar refractivity (Wildman–Crippen MR) is 66.4 cm³/mol. The monoisotopic (exact) mass is 252 g/mol. The van der Waals surface area contributed by atoms with E-state index in [-0.39, 0.29) is 6.04 Å². The highest BCUT2D eigenvalue weighted by Gasteiger charge is 2.06. The lowest BCUT2D eigenvalue weighted by molar-refractivity contribution is 0.498. The van der Waals surface area contributed by atoms with Gasteiger partial charge in [0.1, 0.15) is 5.01 Å². The zero-order valence-corrected chi connectivity index (χ0v) is 10.5. The molecule has 0 saturated heterocycles. The first-order valence-corrected chi connectivity index (χ1v) is 6.39. The molecule has 1 atom stereocenters. The third-order valence-electron chi connectivity index (χ3n) is 2.41. The number of thiazole rings is 1. The number of aromatic nitrogens is 4. The Morgan fingerprint density at radius 3 is 3.12 bits per heavy atom. The van der Waals surface area contributed by atoms with Gasteiger partial charge < -0.3 is 11.1 Å². The molecule has 92 valence electrons. The predicted octanol–water partition coefficient (Wildman–Crippen LogP) is 0.544. The summed E-state index contributed by atoms with van der Waals surface area (Å²) in [5.74, 6) is 0. The Bertz CT molecular complexity index is 437. The van der Waals surface area contributed by atoms with Crippen LogP contribution in [0, 0.1) is 0 Å². The van der Waals surface area contributed by atoms with E-state index in [0.29, 0.717) is 6.54 Å². The lowest BCUT2D eigenvalue weighted by Crippen LogP contribution is -2.23. The van der Waals surface area contributed by atoms with E-state index in [2.05, 4.69) is 27.5 Å². The molecule has 7 heteroatoms. The van der Waals surface area contributed by atoms with Gasteiger partial charge in [0.2, 0.25) is 0 Å². The SMILES string of the molecule is CC(NCCn1cc(CN)nn1)c1nccs1. The average molecular weight is 252 g/mol. The van der Waals surface area contributed by atoms with Gasteiger partial charge in [0.15, 0.2) is 0 Å². The molecule has 0 amide bonds. The third kappa shape index (κ3) is 3.32. The van der Waals surface area contributed by atoms with Gasteiger partial charge in [-0.1, -0.05) is 5.21 Å². The fourth-order valence-corrected chi connectivity index (χ4v) is 2.14. The molecule has 0 spiro atoms. The number of nitrogens with one attached hydrogen (secondary N) is 1. The van der Waals surface area contributed by atoms with E-state index in [9.17, 15) is 0 Å². The minimum Gasteiger partial charge on any atom is -0.325 e. The van der Waals surface area contributed by atoms with E-state index in [1.807, 2.05) is 17.8 Å². The average Bonchev–Trinajstić information content (AvgIpc) is 3.00. The molecule has 0 radical (unpaired) electrons. The summed E-state index contributed by atoms with van der Waals surface area (Å²) < 4.78 is 1.80. The van der Waals surface area contributed by atoms with Gasteiger partial charge >= 0.3 is 0 Å². The highest BCUT2D eigenvalue weighted by molar-refractivity contribution is 7.09. The zero-order chi connectivity index (χ0) is 12.1. The van der Waals surface area contributed by atoms with Gasteiger partial charge in [-0.25, -0.2) is 4.98 Å². The van der Waals surface area contributed by atoms with Gasteiger partial charge in [-0.3, -0.25) is 4.68 Å². The molecule has 0 aromatic carbocycles. The Kier molecular flexibility index (Phi) is 4.18. The normalized spacial score (nSPS) is 12.8. The van der Waals surface area contributed by atoms with Crippen LogP contribution < -0.4 is 11.1 Å². The molecule has 0 fully saturated rings. The zero-order valence-electron chi connectivity index (χ0n) is 9.71. The van der Waals surface area contributed by atoms with Gasteiger partial charge in [-0.05, 0) is 6.92 Å². The van der Waals surface area contributed by atoms with Crippen LogP contribution >= 0.6 is 11.3 Å². The summed E-state index contributed by atoms with van der Waals surface area (Å²) in [6.45, 7) is 4.14. The molecule has 2 rings (SSSR count). The summed E-state index contributed by atoms with van der Waals surface area (Å²) in [7, 11) is 0. The quantitative estimate of drug-likeness (QED) is 0.784. The summed E-state index contributed by atoms with van der Waals surface area (Å²) in [5.41, 5.74) is 6.28. The van der Waals surface area contributed by atoms with Crippen LogP contribution in [0.1, 0.15) is 23.7 Å². The minimum absolute atomic E-state index is 0.271. The van der Waals surface area contributed by atoms with Gasteiger partial charge in [-0.2, -0.15) is 0 Å². The third-order valence-corrected chi connectivity index (χ3v) is 3.37. The molecule has 1 unspecified atom stereocenters. The van der Waals surface area contributed by atoms with Crippen LogP contribution in [-0.4, -0.2) is 26.5 Å². The van der Waals surface area contributed by atoms with E-state index >= 15 is 0 Å². The second-order valence-electron chi connectivity index (χ2n) is 3.72. The fraction of sp³-hybridized carbons (Fsp3) is 0.500. The van der Waals surface area contributed by atoms with E-state index in [1.165, 1.54) is 0 Å². The largest absolute Gasteiger partial charge is 0.325 e. The van der Waals surface area contributed by atoms with Crippen molar-refractivity contribution in [1.82, 2.24) is 25.3 Å². The highest BCUT2D eigenvalue weighted by Crippen LogP contribution is 2.13. The number of hydrogen-bond donors (Lipinski definition) is 2. The summed E-state index contributed by atoms with van der Waals surface area (Å²) in [4.78, 5) is 4.26. The maximum atomic E-state index is 5.47. The number of nitrogens with zero attached hydrogens (tertiary/aromatic N) is 4. The first-order chi connectivity index (χ1) is 8.29. The van der Waals surface area contributed by atoms with Crippen molar-refractivity contribution in [3.8, 4) is 0 Å². The molecule has 3 N–H and O–H groups in total. The topological polar surface area (TPSA) is 81.7 Å². The molecule has 17 heavy (non-hydrogen) atoms. The second-order valence-corrected chi connectivity index (χ2v) is 4.65. The summed E-state index contributed by atoms with van der Waals surface area (Å²) in [6, 6.07) is 0.271. The van der Waals surface area contributed by atoms with Gasteiger partial charge in [-0.15, -0.1) is 16.4 Å². The van der Waals surface area contributed by atoms with Crippen LogP contribution in [-0.2, 0) is 13.1 Å². The van der Waals surface area contributed by atoms with Crippen molar-refractivity contribution in [2.24, 2.45) is 5.73 Å². The number of rotatable bonds is 6. The minimum atomic E-state index is 0.271. The molecule has 6 nitrogen and oxygen atoms in total. The van der Waals surface area contributed by atoms with Crippen LogP contribution in [0.25, 0.3) is 0 Å². The maximum Gasteiger partial charge on any atom is 0.109 e. The van der Waals surface area contributed by atoms with Crippen molar-refractivity contribution < 1.29 is 0 Å². The van der Waals surface area contributed by atoms with E-state index < -0.39 is 0 Å². The van der Waals surface area contributed by atoms with Gasteiger partial charge in [0.25, 0.3) is 0 Å². The number of nitrogens with two attached hydrogens (primary N) is 1. The molecule has 2 aromatic heterocycles. The van der Waals surface area contributed by atoms with Crippen molar-refractivity contribution in [2.45, 2.75) is 26.1 Å². The summed E-state index contributed by atoms with van der Waals surface area (Å²) >= 11 is 1.66. The first-order valence-electron chi connectivity index (χ1n) is 5.51. The van der Waals surface area contributed by atoms with E-state index in [1.54, 1.807) is 16.0 Å². The lowest BCUT2D eigenvalue weighted by Gasteiger charge is -2.10. The first kappa shape index (κ1) is 12.2. The standard InChI is InChI=1S/C10H16N6S/c1-8(10-13-3-5-17-10)12-2-4-16-7-9(6-11)14-15-16/h3,5,7-8,12H,2,4,6,11H2,1H3. The van der Waals surface area contributed by atoms with Crippen LogP contribution in [0.5, 0.6) is 0 Å². The van der Waals surface area contributed by atoms with Gasteiger partial charge in [0.05, 0.1) is 18.3 Å². The molecule has 0 aliphatic rings. The molecule has 2 heterocycles. The van der Waals surface area contributed by atoms with Crippen molar-refractivity contribution in [3.05, 3.63) is 28.5 Å². The van der Waals surface area contributed by atoms with Crippen molar-refractivity contribution in [3.63, 3.8) is 0 Å². The van der Waals surface area contributed by atoms with E-state index in [4.69, 9.17) is 5.73 Å². The molecular formula is C10H16N6S. The van der Waals surface area contributed by atoms with Crippen LogP contribution in [0.15, 0.2) is 17.8 Å². The Labute approximate surface area is 104 Å². The smallest absolute Gasteiger partial charge is 0.109 e. The Balaban J connectivity index is 1.76. The van der Waals surface area contributed by atoms with Crippen LogP contribution in [0.3, 0.4) is 0 Å². The molecule has 0 saturated carbocycles. The summed E-state index contributed by atoms with van der Waals surface area (Å²) in [6.07, 6.45) is 3.69. The van der Waals surface area contributed by atoms with Gasteiger partial charge in [0, 0.05) is 30.9 Å². The van der Waals surface area contributed by atoms with Crippen molar-refractivity contribution >= 4 is 11.3 Å². The Morgan fingerprint density at radius 2 is 2.47 bits per heavy atom. The maximum absolute atomic E-state index is 5.47. The molecule has 0 aliphatic carbocycles. The molecule has 0 bridgehead atoms. The lowest BCUT2D eigenvalue weighted by atomic mass is 10.3.